The van der Waals surface area contributed by atoms with Crippen molar-refractivity contribution in [1.29, 1.82) is 0 Å². The van der Waals surface area contributed by atoms with Gasteiger partial charge in [0.1, 0.15) is 29.9 Å². The third kappa shape index (κ3) is 15.1. The number of rotatable bonds is 20. The van der Waals surface area contributed by atoms with E-state index in [4.69, 9.17) is 27.7 Å². The van der Waals surface area contributed by atoms with E-state index in [2.05, 4.69) is 26.3 Å². The van der Waals surface area contributed by atoms with E-state index >= 15 is 0 Å². The van der Waals surface area contributed by atoms with Crippen molar-refractivity contribution in [1.82, 2.24) is 21.3 Å². The van der Waals surface area contributed by atoms with Gasteiger partial charge in [-0.15, -0.1) is 0 Å². The van der Waals surface area contributed by atoms with Crippen molar-refractivity contribution in [3.05, 3.63) is 29.8 Å². The van der Waals surface area contributed by atoms with Gasteiger partial charge in [0.25, 0.3) is 0 Å². The molecule has 0 saturated carbocycles. The first kappa shape index (κ1) is 39.6. The first-order valence-corrected chi connectivity index (χ1v) is 15.5. The Morgan fingerprint density at radius 2 is 1.17 bits per heavy atom. The highest BCUT2D eigenvalue weighted by Gasteiger charge is 2.32. The molecule has 0 bridgehead atoms. The van der Waals surface area contributed by atoms with Crippen LogP contribution in [0.15, 0.2) is 29.3 Å². The third-order valence-corrected chi connectivity index (χ3v) is 6.93. The van der Waals surface area contributed by atoms with Crippen LogP contribution in [0, 0.1) is 11.8 Å². The smallest absolute Gasteiger partial charge is 0.243 e. The fraction of sp³-hybridized carbons (Fsp3) is 0.613. The van der Waals surface area contributed by atoms with Crippen LogP contribution < -0.4 is 48.9 Å². The molecular formula is C31H53N9O6. The molecule has 0 saturated heterocycles. The van der Waals surface area contributed by atoms with Gasteiger partial charge in [-0.1, -0.05) is 39.8 Å². The molecular weight excluding hydrogens is 594 g/mol. The van der Waals surface area contributed by atoms with Gasteiger partial charge >= 0.3 is 0 Å². The van der Waals surface area contributed by atoms with E-state index in [-0.39, 0.29) is 50.0 Å². The average molecular weight is 648 g/mol. The van der Waals surface area contributed by atoms with Crippen LogP contribution in [-0.4, -0.2) is 79.4 Å². The van der Waals surface area contributed by atoms with Crippen LogP contribution in [0.3, 0.4) is 0 Å². The number of aliphatic imine (C=N–C) groups is 1. The molecule has 0 aliphatic heterocycles. The summed E-state index contributed by atoms with van der Waals surface area (Å²) in [5.74, 6) is -2.54. The summed E-state index contributed by atoms with van der Waals surface area (Å²) < 4.78 is 5.19. The third-order valence-electron chi connectivity index (χ3n) is 6.93. The van der Waals surface area contributed by atoms with E-state index in [1.807, 2.05) is 27.7 Å². The molecule has 0 spiro atoms. The second-order valence-electron chi connectivity index (χ2n) is 12.2. The lowest BCUT2D eigenvalue weighted by Crippen LogP contribution is -2.59. The SMILES string of the molecule is COc1ccc(C[C@H](NC(=O)[C@H](C)N)C(=O)N[C@@H](CC(C)C)C(=O)N[C@@H](CC(C)C)C(=O)N[C@@H](CCCN=C(N)N)C(N)=O)cc1. The zero-order valence-electron chi connectivity index (χ0n) is 27.8. The van der Waals surface area contributed by atoms with Crippen LogP contribution in [-0.2, 0) is 30.4 Å². The molecule has 15 heteroatoms. The van der Waals surface area contributed by atoms with Crippen molar-refractivity contribution < 1.29 is 28.7 Å². The molecule has 5 amide bonds. The molecule has 0 aliphatic carbocycles. The predicted molar refractivity (Wildman–Crippen MR) is 176 cm³/mol. The van der Waals surface area contributed by atoms with E-state index in [0.29, 0.717) is 12.2 Å². The van der Waals surface area contributed by atoms with Gasteiger partial charge in [-0.05, 0) is 62.1 Å². The zero-order chi connectivity index (χ0) is 35.0. The maximum atomic E-state index is 13.6. The Labute approximate surface area is 271 Å². The fourth-order valence-corrected chi connectivity index (χ4v) is 4.52. The number of carbonyl (C=O) groups is 5. The minimum Gasteiger partial charge on any atom is -0.497 e. The maximum Gasteiger partial charge on any atom is 0.243 e. The van der Waals surface area contributed by atoms with Gasteiger partial charge in [0.15, 0.2) is 5.96 Å². The summed E-state index contributed by atoms with van der Waals surface area (Å²) in [4.78, 5) is 69.0. The molecule has 258 valence electrons. The van der Waals surface area contributed by atoms with E-state index in [0.717, 1.165) is 5.56 Å². The van der Waals surface area contributed by atoms with Gasteiger partial charge < -0.3 is 48.9 Å². The number of nitrogens with two attached hydrogens (primary N) is 4. The van der Waals surface area contributed by atoms with Crippen LogP contribution >= 0.6 is 0 Å². The molecule has 1 rings (SSSR count). The van der Waals surface area contributed by atoms with Crippen LogP contribution in [0.1, 0.15) is 65.9 Å². The predicted octanol–water partition coefficient (Wildman–Crippen LogP) is -0.845. The lowest BCUT2D eigenvalue weighted by molar-refractivity contribution is -0.135. The molecule has 1 aromatic carbocycles. The van der Waals surface area contributed by atoms with E-state index in [1.165, 1.54) is 14.0 Å². The molecule has 0 aromatic heterocycles. The number of nitrogens with zero attached hydrogens (tertiary/aromatic N) is 1. The average Bonchev–Trinajstić information content (AvgIpc) is 2.96. The number of primary amides is 1. The van der Waals surface area contributed by atoms with Gasteiger partial charge in [-0.25, -0.2) is 0 Å². The molecule has 5 atom stereocenters. The molecule has 0 radical (unpaired) electrons. The molecule has 12 N–H and O–H groups in total. The Kier molecular flexibility index (Phi) is 17.1. The number of carbonyl (C=O) groups excluding carboxylic acids is 5. The number of ether oxygens (including phenoxy) is 1. The van der Waals surface area contributed by atoms with Crippen LogP contribution in [0.5, 0.6) is 5.75 Å². The zero-order valence-corrected chi connectivity index (χ0v) is 27.8. The largest absolute Gasteiger partial charge is 0.497 e. The highest BCUT2D eigenvalue weighted by molar-refractivity contribution is 5.95. The Morgan fingerprint density at radius 3 is 1.59 bits per heavy atom. The topological polar surface area (TPSA) is 259 Å². The number of guanidine groups is 1. The van der Waals surface area contributed by atoms with Gasteiger partial charge in [0.05, 0.1) is 13.2 Å². The molecule has 0 heterocycles. The van der Waals surface area contributed by atoms with E-state index in [1.54, 1.807) is 24.3 Å². The first-order chi connectivity index (χ1) is 21.5. The number of methoxy groups -OCH3 is 1. The minimum absolute atomic E-state index is 0.00886. The summed E-state index contributed by atoms with van der Waals surface area (Å²) in [5, 5.41) is 10.8. The summed E-state index contributed by atoms with van der Waals surface area (Å²) in [6.07, 6.45) is 1.20. The van der Waals surface area contributed by atoms with Crippen molar-refractivity contribution in [2.45, 2.75) is 96.9 Å². The standard InChI is InChI=1S/C31H53N9O6/c1-17(2)14-23(28(43)37-22(26(33)41)8-7-13-36-31(34)35)39-29(44)24(15-18(3)4)40-30(45)25(38-27(42)19(5)32)16-20-9-11-21(46-6)12-10-20/h9-12,17-19,22-25H,7-8,13-16,32H2,1-6H3,(H2,33,41)(H,37,43)(H,38,42)(H,39,44)(H,40,45)(H4,34,35,36)/t19-,22-,23-,24-,25-/m0/s1. The van der Waals surface area contributed by atoms with Crippen molar-refractivity contribution in [3.63, 3.8) is 0 Å². The van der Waals surface area contributed by atoms with E-state index in [9.17, 15) is 24.0 Å². The normalized spacial score (nSPS) is 14.3. The Hall–Kier alpha value is -4.40. The molecule has 0 unspecified atom stereocenters. The van der Waals surface area contributed by atoms with Crippen LogP contribution in [0.4, 0.5) is 0 Å². The Bertz CT molecular complexity index is 1180. The lowest BCUT2D eigenvalue weighted by atomic mass is 9.98. The Balaban J connectivity index is 3.17. The lowest BCUT2D eigenvalue weighted by Gasteiger charge is -2.28. The van der Waals surface area contributed by atoms with Crippen molar-refractivity contribution in [2.75, 3.05) is 13.7 Å². The summed E-state index contributed by atoms with van der Waals surface area (Å²) in [5.41, 5.74) is 22.7. The number of hydrogen-bond acceptors (Lipinski definition) is 8. The summed E-state index contributed by atoms with van der Waals surface area (Å²) in [6, 6.07) is 2.03. The molecule has 1 aromatic rings. The second-order valence-corrected chi connectivity index (χ2v) is 12.2. The first-order valence-electron chi connectivity index (χ1n) is 15.5. The van der Waals surface area contributed by atoms with Crippen molar-refractivity contribution in [2.24, 2.45) is 39.8 Å². The van der Waals surface area contributed by atoms with Gasteiger partial charge in [-0.3, -0.25) is 29.0 Å². The molecule has 0 aliphatic rings. The molecule has 46 heavy (non-hydrogen) atoms. The quantitative estimate of drug-likeness (QED) is 0.0497. The van der Waals surface area contributed by atoms with Crippen LogP contribution in [0.25, 0.3) is 0 Å². The monoisotopic (exact) mass is 647 g/mol. The Morgan fingerprint density at radius 1 is 0.717 bits per heavy atom. The number of nitrogens with one attached hydrogen (secondary N) is 4. The highest BCUT2D eigenvalue weighted by Crippen LogP contribution is 2.14. The van der Waals surface area contributed by atoms with Gasteiger partial charge in [0, 0.05) is 13.0 Å². The van der Waals surface area contributed by atoms with E-state index < -0.39 is 59.7 Å². The van der Waals surface area contributed by atoms with Gasteiger partial charge in [-0.2, -0.15) is 0 Å². The summed E-state index contributed by atoms with van der Waals surface area (Å²) in [7, 11) is 1.54. The van der Waals surface area contributed by atoms with Crippen LogP contribution in [0.2, 0.25) is 0 Å². The maximum absolute atomic E-state index is 13.6. The summed E-state index contributed by atoms with van der Waals surface area (Å²) in [6.45, 7) is 9.28. The number of hydrogen-bond donors (Lipinski definition) is 8. The molecule has 0 fully saturated rings. The fourth-order valence-electron chi connectivity index (χ4n) is 4.52. The van der Waals surface area contributed by atoms with Crippen molar-refractivity contribution >= 4 is 35.5 Å². The minimum atomic E-state index is -1.04. The number of benzene rings is 1. The number of amides is 5. The molecule has 15 nitrogen and oxygen atoms in total. The second kappa shape index (κ2) is 19.9. The van der Waals surface area contributed by atoms with Crippen molar-refractivity contribution in [3.8, 4) is 5.75 Å². The summed E-state index contributed by atoms with van der Waals surface area (Å²) >= 11 is 0. The highest BCUT2D eigenvalue weighted by atomic mass is 16.5. The van der Waals surface area contributed by atoms with Gasteiger partial charge in [0.2, 0.25) is 29.5 Å².